The van der Waals surface area contributed by atoms with Gasteiger partial charge in [-0.1, -0.05) is 84.0 Å². The predicted molar refractivity (Wildman–Crippen MR) is 94.8 cm³/mol. The summed E-state index contributed by atoms with van der Waals surface area (Å²) in [6.45, 7) is 4.47. The number of benzene rings is 2. The van der Waals surface area contributed by atoms with E-state index in [-0.39, 0.29) is 0 Å². The molecule has 0 heterocycles. The summed E-state index contributed by atoms with van der Waals surface area (Å²) in [4.78, 5) is 0. The van der Waals surface area contributed by atoms with E-state index in [1.54, 1.807) is 0 Å². The van der Waals surface area contributed by atoms with Crippen LogP contribution in [0.4, 0.5) is 0 Å². The van der Waals surface area contributed by atoms with Crippen molar-refractivity contribution in [3.8, 4) is 0 Å². The standard InChI is InChI=1S/C22H20/c1-15-13-17-7-3-5-9-21(17)19(15)11-12-20-16(2)14-18-8-4-6-10-22(18)20/h3-14,19-20H,1-2H3/b12-11-. The van der Waals surface area contributed by atoms with E-state index >= 15 is 0 Å². The molecule has 0 aliphatic heterocycles. The fourth-order valence-corrected chi connectivity index (χ4v) is 3.74. The predicted octanol–water partition coefficient (Wildman–Crippen LogP) is 5.94. The van der Waals surface area contributed by atoms with Gasteiger partial charge in [-0.05, 0) is 36.1 Å². The topological polar surface area (TPSA) is 0 Å². The smallest absolute Gasteiger partial charge is 0.0235 e. The molecule has 0 saturated carbocycles. The SMILES string of the molecule is CC1=Cc2ccccc2C1/C=C\C1C(C)=Cc2ccccc21. The first-order valence-electron chi connectivity index (χ1n) is 7.96. The van der Waals surface area contributed by atoms with E-state index in [1.807, 2.05) is 0 Å². The molecule has 0 amide bonds. The van der Waals surface area contributed by atoms with Crippen molar-refractivity contribution in [1.29, 1.82) is 0 Å². The third-order valence-corrected chi connectivity index (χ3v) is 4.91. The maximum absolute atomic E-state index is 2.39. The van der Waals surface area contributed by atoms with Crippen LogP contribution in [-0.2, 0) is 0 Å². The Balaban J connectivity index is 1.67. The highest BCUT2D eigenvalue weighted by Gasteiger charge is 2.22. The molecular weight excluding hydrogens is 264 g/mol. The van der Waals surface area contributed by atoms with Gasteiger partial charge < -0.3 is 0 Å². The Labute approximate surface area is 132 Å². The van der Waals surface area contributed by atoms with Gasteiger partial charge in [0, 0.05) is 11.8 Å². The largest absolute Gasteiger partial charge is 0.0760 e. The van der Waals surface area contributed by atoms with Crippen LogP contribution in [0.25, 0.3) is 12.2 Å². The summed E-state index contributed by atoms with van der Waals surface area (Å²) in [6, 6.07) is 17.4. The molecule has 2 aromatic rings. The number of fused-ring (bicyclic) bond motifs is 2. The summed E-state index contributed by atoms with van der Waals surface area (Å²) in [6.07, 6.45) is 9.41. The molecule has 2 aromatic carbocycles. The summed E-state index contributed by atoms with van der Waals surface area (Å²) in [5.74, 6) is 0.855. The zero-order valence-corrected chi connectivity index (χ0v) is 13.1. The van der Waals surface area contributed by atoms with Crippen molar-refractivity contribution in [2.45, 2.75) is 25.7 Å². The Kier molecular flexibility index (Phi) is 3.11. The van der Waals surface area contributed by atoms with E-state index < -0.39 is 0 Å². The number of allylic oxidation sites excluding steroid dienone is 4. The molecule has 0 spiro atoms. The molecule has 0 N–H and O–H groups in total. The molecule has 2 atom stereocenters. The zero-order chi connectivity index (χ0) is 15.1. The second-order valence-electron chi connectivity index (χ2n) is 6.37. The van der Waals surface area contributed by atoms with Crippen LogP contribution < -0.4 is 0 Å². The van der Waals surface area contributed by atoms with Crippen molar-refractivity contribution in [1.82, 2.24) is 0 Å². The molecule has 2 unspecified atom stereocenters. The molecule has 0 bridgehead atoms. The van der Waals surface area contributed by atoms with Crippen LogP contribution in [0.15, 0.2) is 71.8 Å². The molecule has 2 aliphatic carbocycles. The third-order valence-electron chi connectivity index (χ3n) is 4.91. The minimum Gasteiger partial charge on any atom is -0.0760 e. The normalized spacial score (nSPS) is 22.5. The Bertz CT molecular complexity index is 748. The van der Waals surface area contributed by atoms with Crippen LogP contribution in [0.3, 0.4) is 0 Å². The molecule has 0 radical (unpaired) electrons. The average molecular weight is 284 g/mol. The lowest BCUT2D eigenvalue weighted by atomic mass is 9.91. The minimum absolute atomic E-state index is 0.428. The van der Waals surface area contributed by atoms with Gasteiger partial charge in [-0.15, -0.1) is 0 Å². The molecule has 0 saturated heterocycles. The van der Waals surface area contributed by atoms with Crippen molar-refractivity contribution in [3.05, 3.63) is 94.1 Å². The summed E-state index contributed by atoms with van der Waals surface area (Å²) < 4.78 is 0. The van der Waals surface area contributed by atoms with Crippen molar-refractivity contribution >= 4 is 12.2 Å². The van der Waals surface area contributed by atoms with Gasteiger partial charge in [-0.2, -0.15) is 0 Å². The second-order valence-corrected chi connectivity index (χ2v) is 6.37. The van der Waals surface area contributed by atoms with Crippen molar-refractivity contribution in [3.63, 3.8) is 0 Å². The fourth-order valence-electron chi connectivity index (χ4n) is 3.74. The minimum atomic E-state index is 0.428. The Morgan fingerprint density at radius 2 is 1.05 bits per heavy atom. The van der Waals surface area contributed by atoms with Crippen LogP contribution in [0.1, 0.15) is 47.9 Å². The zero-order valence-electron chi connectivity index (χ0n) is 13.1. The van der Waals surface area contributed by atoms with Gasteiger partial charge in [0.25, 0.3) is 0 Å². The van der Waals surface area contributed by atoms with Crippen LogP contribution in [0.5, 0.6) is 0 Å². The van der Waals surface area contributed by atoms with E-state index in [1.165, 1.54) is 33.4 Å². The number of rotatable bonds is 2. The van der Waals surface area contributed by atoms with Crippen LogP contribution in [0, 0.1) is 0 Å². The second kappa shape index (κ2) is 5.14. The van der Waals surface area contributed by atoms with Gasteiger partial charge >= 0.3 is 0 Å². The number of hydrogen-bond donors (Lipinski definition) is 0. The van der Waals surface area contributed by atoms with E-state index in [0.717, 1.165) is 0 Å². The Hall–Kier alpha value is -2.34. The lowest BCUT2D eigenvalue weighted by molar-refractivity contribution is 0.971. The maximum atomic E-state index is 2.39. The van der Waals surface area contributed by atoms with E-state index in [4.69, 9.17) is 0 Å². The lowest BCUT2D eigenvalue weighted by Crippen LogP contribution is -1.96. The van der Waals surface area contributed by atoms with Gasteiger partial charge in [0.1, 0.15) is 0 Å². The van der Waals surface area contributed by atoms with E-state index in [9.17, 15) is 0 Å². The van der Waals surface area contributed by atoms with Crippen molar-refractivity contribution in [2.75, 3.05) is 0 Å². The van der Waals surface area contributed by atoms with E-state index in [0.29, 0.717) is 11.8 Å². The number of hydrogen-bond acceptors (Lipinski definition) is 0. The van der Waals surface area contributed by atoms with Gasteiger partial charge in [0.15, 0.2) is 0 Å². The third kappa shape index (κ3) is 2.07. The highest BCUT2D eigenvalue weighted by Crippen LogP contribution is 2.40. The van der Waals surface area contributed by atoms with Crippen LogP contribution >= 0.6 is 0 Å². The first-order chi connectivity index (χ1) is 10.7. The molecule has 0 fully saturated rings. The quantitative estimate of drug-likeness (QED) is 0.598. The molecular formula is C22H20. The maximum Gasteiger partial charge on any atom is 0.0235 e. The summed E-state index contributed by atoms with van der Waals surface area (Å²) in [5.41, 5.74) is 8.48. The Morgan fingerprint density at radius 1 is 0.636 bits per heavy atom. The molecule has 4 rings (SSSR count). The first kappa shape index (κ1) is 13.3. The molecule has 0 heteroatoms. The van der Waals surface area contributed by atoms with Crippen molar-refractivity contribution in [2.24, 2.45) is 0 Å². The molecule has 2 aliphatic rings. The molecule has 0 nitrogen and oxygen atoms in total. The van der Waals surface area contributed by atoms with E-state index in [2.05, 4.69) is 86.7 Å². The monoisotopic (exact) mass is 284 g/mol. The van der Waals surface area contributed by atoms with Crippen molar-refractivity contribution < 1.29 is 0 Å². The summed E-state index contributed by atoms with van der Waals surface area (Å²) in [5, 5.41) is 0. The average Bonchev–Trinajstić information content (AvgIpc) is 3.01. The van der Waals surface area contributed by atoms with Crippen LogP contribution in [0.2, 0.25) is 0 Å². The fraction of sp³-hybridized carbons (Fsp3) is 0.182. The molecule has 22 heavy (non-hydrogen) atoms. The van der Waals surface area contributed by atoms with Gasteiger partial charge in [0.05, 0.1) is 0 Å². The lowest BCUT2D eigenvalue weighted by Gasteiger charge is -2.13. The Morgan fingerprint density at radius 3 is 1.50 bits per heavy atom. The molecule has 108 valence electrons. The summed E-state index contributed by atoms with van der Waals surface area (Å²) >= 11 is 0. The van der Waals surface area contributed by atoms with Gasteiger partial charge in [-0.25, -0.2) is 0 Å². The highest BCUT2D eigenvalue weighted by atomic mass is 14.3. The van der Waals surface area contributed by atoms with Gasteiger partial charge in [-0.3, -0.25) is 0 Å². The summed E-state index contributed by atoms with van der Waals surface area (Å²) in [7, 11) is 0. The molecule has 0 aromatic heterocycles. The van der Waals surface area contributed by atoms with Crippen LogP contribution in [-0.4, -0.2) is 0 Å². The first-order valence-corrected chi connectivity index (χ1v) is 7.96. The van der Waals surface area contributed by atoms with Gasteiger partial charge in [0.2, 0.25) is 0 Å². The highest BCUT2D eigenvalue weighted by molar-refractivity contribution is 5.69.